The first kappa shape index (κ1) is 22.9. The van der Waals surface area contributed by atoms with Gasteiger partial charge in [-0.25, -0.2) is 4.79 Å². The van der Waals surface area contributed by atoms with Gasteiger partial charge in [0.1, 0.15) is 5.75 Å². The van der Waals surface area contributed by atoms with Crippen LogP contribution in [-0.2, 0) is 9.59 Å². The summed E-state index contributed by atoms with van der Waals surface area (Å²) in [5, 5.41) is 5.69. The third-order valence-electron chi connectivity index (χ3n) is 4.99. The lowest BCUT2D eigenvalue weighted by Crippen LogP contribution is -2.35. The van der Waals surface area contributed by atoms with Gasteiger partial charge < -0.3 is 26.0 Å². The lowest BCUT2D eigenvalue weighted by atomic mass is 10.2. The van der Waals surface area contributed by atoms with E-state index in [4.69, 9.17) is 10.5 Å². The Bertz CT molecular complexity index is 947. The fourth-order valence-corrected chi connectivity index (χ4v) is 3.30. The van der Waals surface area contributed by atoms with Gasteiger partial charge in [-0.15, -0.1) is 0 Å². The Hall–Kier alpha value is -3.81. The molecule has 32 heavy (non-hydrogen) atoms. The highest BCUT2D eigenvalue weighted by Crippen LogP contribution is 2.17. The lowest BCUT2D eigenvalue weighted by Gasteiger charge is -2.20. The summed E-state index contributed by atoms with van der Waals surface area (Å²) < 4.78 is 5.19. The van der Waals surface area contributed by atoms with E-state index in [0.717, 1.165) is 31.5 Å². The Morgan fingerprint density at radius 3 is 2.06 bits per heavy atom. The Kier molecular flexibility index (Phi) is 8.25. The van der Waals surface area contributed by atoms with Crippen molar-refractivity contribution >= 4 is 35.3 Å². The van der Waals surface area contributed by atoms with Crippen LogP contribution in [-0.4, -0.2) is 42.4 Å². The smallest absolute Gasteiger partial charge is 0.321 e. The molecule has 0 saturated carbocycles. The monoisotopic (exact) mass is 436 g/mol. The molecule has 4 amide bonds. The predicted octanol–water partition coefficient (Wildman–Crippen LogP) is 3.61. The number of carbonyl (C=O) groups excluding carboxylic acids is 3. The zero-order valence-electron chi connectivity index (χ0n) is 17.9. The van der Waals surface area contributed by atoms with Gasteiger partial charge in [-0.2, -0.15) is 0 Å². The minimum Gasteiger partial charge on any atom is -0.484 e. The summed E-state index contributed by atoms with van der Waals surface area (Å²) in [7, 11) is 0. The van der Waals surface area contributed by atoms with Crippen LogP contribution in [0, 0.1) is 0 Å². The Morgan fingerprint density at radius 2 is 1.47 bits per heavy atom. The highest BCUT2D eigenvalue weighted by molar-refractivity contribution is 6.02. The molecule has 0 bridgehead atoms. The first-order valence-electron chi connectivity index (χ1n) is 10.7. The number of nitrogens with two attached hydrogens (primary N) is 1. The van der Waals surface area contributed by atoms with Gasteiger partial charge in [-0.1, -0.05) is 25.0 Å². The van der Waals surface area contributed by atoms with E-state index in [1.807, 2.05) is 4.90 Å². The summed E-state index contributed by atoms with van der Waals surface area (Å²) in [6.07, 6.45) is 7.52. The number of rotatable bonds is 7. The van der Waals surface area contributed by atoms with Crippen LogP contribution < -0.4 is 21.1 Å². The standard InChI is InChI=1S/C24H28N4O4/c25-22(29)17-32-21-12-5-18(6-13-21)7-14-23(30)26-19-8-10-20(11-9-19)27-24(31)28-15-3-1-2-4-16-28/h5-14H,1-4,15-17H2,(H2,25,29)(H,26,30)(H,27,31)/b14-7+. The van der Waals surface area contributed by atoms with E-state index in [-0.39, 0.29) is 18.5 Å². The van der Waals surface area contributed by atoms with Gasteiger partial charge in [0, 0.05) is 30.5 Å². The van der Waals surface area contributed by atoms with Crippen LogP contribution in [0.5, 0.6) is 5.75 Å². The molecular weight excluding hydrogens is 408 g/mol. The molecule has 1 aliphatic rings. The summed E-state index contributed by atoms with van der Waals surface area (Å²) in [6, 6.07) is 13.9. The largest absolute Gasteiger partial charge is 0.484 e. The molecule has 8 nitrogen and oxygen atoms in total. The second-order valence-corrected chi connectivity index (χ2v) is 7.56. The highest BCUT2D eigenvalue weighted by atomic mass is 16.5. The molecule has 0 atom stereocenters. The maximum absolute atomic E-state index is 12.4. The number of likely N-dealkylation sites (tertiary alicyclic amines) is 1. The molecular formula is C24H28N4O4. The van der Waals surface area contributed by atoms with Crippen molar-refractivity contribution in [2.24, 2.45) is 5.73 Å². The number of amides is 4. The van der Waals surface area contributed by atoms with Crippen LogP contribution >= 0.6 is 0 Å². The maximum atomic E-state index is 12.4. The van der Waals surface area contributed by atoms with Gasteiger partial charge in [0.25, 0.3) is 5.91 Å². The van der Waals surface area contributed by atoms with Gasteiger partial charge in [-0.3, -0.25) is 9.59 Å². The third-order valence-corrected chi connectivity index (χ3v) is 4.99. The lowest BCUT2D eigenvalue weighted by molar-refractivity contribution is -0.120. The van der Waals surface area contributed by atoms with Crippen LogP contribution in [0.25, 0.3) is 6.08 Å². The number of anilines is 2. The van der Waals surface area contributed by atoms with Crippen molar-refractivity contribution in [3.05, 3.63) is 60.2 Å². The zero-order valence-corrected chi connectivity index (χ0v) is 17.9. The molecule has 1 fully saturated rings. The Labute approximate surface area is 187 Å². The quantitative estimate of drug-likeness (QED) is 0.575. The van der Waals surface area contributed by atoms with Crippen LogP contribution in [0.4, 0.5) is 16.2 Å². The highest BCUT2D eigenvalue weighted by Gasteiger charge is 2.15. The third kappa shape index (κ3) is 7.46. The maximum Gasteiger partial charge on any atom is 0.321 e. The van der Waals surface area contributed by atoms with Crippen molar-refractivity contribution in [1.29, 1.82) is 0 Å². The number of nitrogens with one attached hydrogen (secondary N) is 2. The molecule has 1 aliphatic heterocycles. The van der Waals surface area contributed by atoms with Crippen molar-refractivity contribution in [1.82, 2.24) is 4.90 Å². The van der Waals surface area contributed by atoms with Crippen molar-refractivity contribution in [2.75, 3.05) is 30.3 Å². The zero-order chi connectivity index (χ0) is 22.8. The first-order chi connectivity index (χ1) is 15.5. The number of hydrogen-bond donors (Lipinski definition) is 3. The van der Waals surface area contributed by atoms with Crippen molar-refractivity contribution in [3.8, 4) is 5.75 Å². The van der Waals surface area contributed by atoms with E-state index < -0.39 is 5.91 Å². The average Bonchev–Trinajstić information content (AvgIpc) is 3.08. The van der Waals surface area contributed by atoms with Crippen molar-refractivity contribution in [2.45, 2.75) is 25.7 Å². The van der Waals surface area contributed by atoms with Crippen LogP contribution in [0.3, 0.4) is 0 Å². The number of nitrogens with zero attached hydrogens (tertiary/aromatic N) is 1. The summed E-state index contributed by atoms with van der Waals surface area (Å²) >= 11 is 0. The molecule has 3 rings (SSSR count). The number of benzene rings is 2. The van der Waals surface area contributed by atoms with Crippen molar-refractivity contribution in [3.63, 3.8) is 0 Å². The second kappa shape index (κ2) is 11.5. The molecule has 2 aromatic carbocycles. The number of primary amides is 1. The molecule has 4 N–H and O–H groups in total. The fourth-order valence-electron chi connectivity index (χ4n) is 3.30. The number of urea groups is 1. The summed E-state index contributed by atoms with van der Waals surface area (Å²) in [4.78, 5) is 37.2. The van der Waals surface area contributed by atoms with E-state index in [9.17, 15) is 14.4 Å². The molecule has 0 unspecified atom stereocenters. The SMILES string of the molecule is NC(=O)COc1ccc(/C=C/C(=O)Nc2ccc(NC(=O)N3CCCCCC3)cc2)cc1. The summed E-state index contributed by atoms with van der Waals surface area (Å²) in [6.45, 7) is 1.39. The van der Waals surface area contributed by atoms with Gasteiger partial charge in [0.15, 0.2) is 6.61 Å². The summed E-state index contributed by atoms with van der Waals surface area (Å²) in [5.74, 6) is -0.299. The van der Waals surface area contributed by atoms with Crippen LogP contribution in [0.15, 0.2) is 54.6 Å². The number of ether oxygens (including phenoxy) is 1. The molecule has 0 radical (unpaired) electrons. The molecule has 0 spiro atoms. The predicted molar refractivity (Wildman–Crippen MR) is 124 cm³/mol. The minimum absolute atomic E-state index is 0.0855. The van der Waals surface area contributed by atoms with Gasteiger partial charge >= 0.3 is 6.03 Å². The van der Waals surface area contributed by atoms with E-state index in [1.54, 1.807) is 54.6 Å². The van der Waals surface area contributed by atoms with E-state index in [0.29, 0.717) is 17.1 Å². The van der Waals surface area contributed by atoms with E-state index >= 15 is 0 Å². The van der Waals surface area contributed by atoms with E-state index in [1.165, 1.54) is 18.9 Å². The molecule has 1 heterocycles. The molecule has 2 aromatic rings. The normalized spacial score (nSPS) is 13.9. The van der Waals surface area contributed by atoms with Crippen LogP contribution in [0.2, 0.25) is 0 Å². The number of carbonyl (C=O) groups is 3. The molecule has 8 heteroatoms. The molecule has 0 aliphatic carbocycles. The second-order valence-electron chi connectivity index (χ2n) is 7.56. The van der Waals surface area contributed by atoms with Gasteiger partial charge in [0.2, 0.25) is 5.91 Å². The average molecular weight is 437 g/mol. The first-order valence-corrected chi connectivity index (χ1v) is 10.7. The molecule has 0 aromatic heterocycles. The topological polar surface area (TPSA) is 114 Å². The van der Waals surface area contributed by atoms with Crippen molar-refractivity contribution < 1.29 is 19.1 Å². The molecule has 1 saturated heterocycles. The number of hydrogen-bond acceptors (Lipinski definition) is 4. The summed E-state index contributed by atoms with van der Waals surface area (Å²) in [5.41, 5.74) is 7.16. The fraction of sp³-hybridized carbons (Fsp3) is 0.292. The Morgan fingerprint density at radius 1 is 0.875 bits per heavy atom. The van der Waals surface area contributed by atoms with Gasteiger partial charge in [0.05, 0.1) is 0 Å². The molecule has 168 valence electrons. The Balaban J connectivity index is 1.47. The van der Waals surface area contributed by atoms with Crippen LogP contribution in [0.1, 0.15) is 31.2 Å². The van der Waals surface area contributed by atoms with E-state index in [2.05, 4.69) is 10.6 Å². The van der Waals surface area contributed by atoms with Gasteiger partial charge in [-0.05, 0) is 60.9 Å². The minimum atomic E-state index is -0.543.